The topological polar surface area (TPSA) is 80.4 Å². The van der Waals surface area contributed by atoms with E-state index in [2.05, 4.69) is 10.3 Å². The maximum Gasteiger partial charge on any atom is 0.272 e. The van der Waals surface area contributed by atoms with Crippen molar-refractivity contribution in [3.63, 3.8) is 0 Å². The zero-order valence-corrected chi connectivity index (χ0v) is 14.1. The van der Waals surface area contributed by atoms with Gasteiger partial charge >= 0.3 is 0 Å². The predicted molar refractivity (Wildman–Crippen MR) is 92.8 cm³/mol. The van der Waals surface area contributed by atoms with Gasteiger partial charge in [0, 0.05) is 35.9 Å². The highest BCUT2D eigenvalue weighted by Crippen LogP contribution is 2.33. The van der Waals surface area contributed by atoms with Gasteiger partial charge < -0.3 is 19.8 Å². The van der Waals surface area contributed by atoms with Gasteiger partial charge in [-0.25, -0.2) is 0 Å². The van der Waals surface area contributed by atoms with E-state index in [4.69, 9.17) is 9.47 Å². The van der Waals surface area contributed by atoms with Crippen molar-refractivity contribution < 1.29 is 19.1 Å². The molecular weight excluding hydrogens is 320 g/mol. The first-order valence-corrected chi connectivity index (χ1v) is 8.59. The molecule has 1 aliphatic carbocycles. The second kappa shape index (κ2) is 6.27. The van der Waals surface area contributed by atoms with Gasteiger partial charge in [-0.2, -0.15) is 0 Å². The Morgan fingerprint density at radius 3 is 2.72 bits per heavy atom. The Kier molecular flexibility index (Phi) is 3.95. The first-order chi connectivity index (χ1) is 12.1. The molecule has 6 nitrogen and oxygen atoms in total. The molecule has 0 saturated carbocycles. The molecule has 1 aliphatic heterocycles. The third-order valence-corrected chi connectivity index (χ3v) is 4.67. The number of fused-ring (bicyclic) bond motifs is 2. The van der Waals surface area contributed by atoms with E-state index in [-0.39, 0.29) is 11.7 Å². The van der Waals surface area contributed by atoms with Crippen LogP contribution in [0.15, 0.2) is 18.2 Å². The summed E-state index contributed by atoms with van der Waals surface area (Å²) in [4.78, 5) is 27.9. The summed E-state index contributed by atoms with van der Waals surface area (Å²) in [7, 11) is 0. The Morgan fingerprint density at radius 2 is 1.92 bits per heavy atom. The van der Waals surface area contributed by atoms with Crippen molar-refractivity contribution in [2.24, 2.45) is 0 Å². The SMILES string of the molecule is Cc1c(C(=O)Nc2ccc3c(c2)OCCCO3)[nH]c2c1C(=O)CCC2. The number of amides is 1. The maximum atomic E-state index is 12.7. The molecule has 25 heavy (non-hydrogen) atoms. The predicted octanol–water partition coefficient (Wildman–Crippen LogP) is 3.26. The third kappa shape index (κ3) is 2.88. The summed E-state index contributed by atoms with van der Waals surface area (Å²) in [5.41, 5.74) is 3.37. The van der Waals surface area contributed by atoms with E-state index >= 15 is 0 Å². The smallest absolute Gasteiger partial charge is 0.272 e. The summed E-state index contributed by atoms with van der Waals surface area (Å²) in [6.45, 7) is 3.04. The normalized spacial score (nSPS) is 16.1. The number of H-pyrrole nitrogens is 1. The number of anilines is 1. The second-order valence-electron chi connectivity index (χ2n) is 6.42. The zero-order valence-electron chi connectivity index (χ0n) is 14.1. The second-order valence-corrected chi connectivity index (χ2v) is 6.42. The lowest BCUT2D eigenvalue weighted by atomic mass is 9.94. The van der Waals surface area contributed by atoms with Crippen molar-refractivity contribution in [3.8, 4) is 11.5 Å². The number of hydrogen-bond donors (Lipinski definition) is 2. The molecule has 2 aliphatic rings. The Hall–Kier alpha value is -2.76. The summed E-state index contributed by atoms with van der Waals surface area (Å²) in [6, 6.07) is 5.35. The van der Waals surface area contributed by atoms with Gasteiger partial charge in [0.05, 0.1) is 13.2 Å². The number of hydrogen-bond acceptors (Lipinski definition) is 4. The van der Waals surface area contributed by atoms with E-state index in [0.29, 0.717) is 48.1 Å². The van der Waals surface area contributed by atoms with Crippen LogP contribution in [0.5, 0.6) is 11.5 Å². The Labute approximate surface area is 145 Å². The average molecular weight is 340 g/mol. The Bertz CT molecular complexity index is 853. The van der Waals surface area contributed by atoms with Crippen molar-refractivity contribution in [3.05, 3.63) is 40.7 Å². The standard InChI is InChI=1S/C19H20N2O4/c1-11-17-13(4-2-5-14(17)22)21-18(11)19(23)20-12-6-7-15-16(10-12)25-9-3-8-24-15/h6-7,10,21H,2-5,8-9H2,1H3,(H,20,23). The van der Waals surface area contributed by atoms with Gasteiger partial charge in [-0.05, 0) is 37.5 Å². The lowest BCUT2D eigenvalue weighted by Crippen LogP contribution is -2.14. The molecule has 2 N–H and O–H groups in total. The van der Waals surface area contributed by atoms with Crippen LogP contribution >= 0.6 is 0 Å². The summed E-state index contributed by atoms with van der Waals surface area (Å²) in [6.07, 6.45) is 3.01. The number of carbonyl (C=O) groups is 2. The molecule has 1 aromatic carbocycles. The van der Waals surface area contributed by atoms with Crippen molar-refractivity contribution >= 4 is 17.4 Å². The molecule has 0 fully saturated rings. The van der Waals surface area contributed by atoms with Crippen LogP contribution in [-0.4, -0.2) is 29.9 Å². The molecule has 1 amide bonds. The molecule has 1 aromatic heterocycles. The van der Waals surface area contributed by atoms with Crippen LogP contribution in [0.2, 0.25) is 0 Å². The maximum absolute atomic E-state index is 12.7. The van der Waals surface area contributed by atoms with Crippen molar-refractivity contribution in [1.82, 2.24) is 4.98 Å². The molecule has 2 heterocycles. The number of aryl methyl sites for hydroxylation is 1. The van der Waals surface area contributed by atoms with E-state index in [0.717, 1.165) is 30.5 Å². The molecule has 0 radical (unpaired) electrons. The lowest BCUT2D eigenvalue weighted by Gasteiger charge is -2.10. The zero-order chi connectivity index (χ0) is 17.4. The highest BCUT2D eigenvalue weighted by molar-refractivity contribution is 6.08. The van der Waals surface area contributed by atoms with Crippen molar-refractivity contribution in [2.75, 3.05) is 18.5 Å². The molecule has 0 bridgehead atoms. The van der Waals surface area contributed by atoms with E-state index in [1.54, 1.807) is 18.2 Å². The van der Waals surface area contributed by atoms with Crippen LogP contribution in [0, 0.1) is 6.92 Å². The Morgan fingerprint density at radius 1 is 1.12 bits per heavy atom. The summed E-state index contributed by atoms with van der Waals surface area (Å²) < 4.78 is 11.2. The van der Waals surface area contributed by atoms with Gasteiger partial charge in [0.15, 0.2) is 17.3 Å². The molecule has 2 aromatic rings. The third-order valence-electron chi connectivity index (χ3n) is 4.67. The largest absolute Gasteiger partial charge is 0.490 e. The first-order valence-electron chi connectivity index (χ1n) is 8.59. The molecule has 0 spiro atoms. The van der Waals surface area contributed by atoms with Gasteiger partial charge in [-0.3, -0.25) is 9.59 Å². The van der Waals surface area contributed by atoms with Gasteiger partial charge in [0.2, 0.25) is 0 Å². The number of nitrogens with one attached hydrogen (secondary N) is 2. The van der Waals surface area contributed by atoms with Gasteiger partial charge in [-0.15, -0.1) is 0 Å². The average Bonchev–Trinajstić information content (AvgIpc) is 2.78. The monoisotopic (exact) mass is 340 g/mol. The number of rotatable bonds is 2. The number of benzene rings is 1. The first kappa shape index (κ1) is 15.7. The summed E-state index contributed by atoms with van der Waals surface area (Å²) in [5.74, 6) is 1.18. The van der Waals surface area contributed by atoms with Gasteiger partial charge in [-0.1, -0.05) is 0 Å². The fraction of sp³-hybridized carbons (Fsp3) is 0.368. The van der Waals surface area contributed by atoms with Crippen LogP contribution < -0.4 is 14.8 Å². The van der Waals surface area contributed by atoms with Gasteiger partial charge in [0.25, 0.3) is 5.91 Å². The fourth-order valence-electron chi connectivity index (χ4n) is 3.44. The number of aromatic amines is 1. The molecule has 0 atom stereocenters. The molecule has 130 valence electrons. The van der Waals surface area contributed by atoms with Crippen molar-refractivity contribution in [2.45, 2.75) is 32.6 Å². The molecule has 0 saturated heterocycles. The summed E-state index contributed by atoms with van der Waals surface area (Å²) >= 11 is 0. The molecule has 6 heteroatoms. The number of ketones is 1. The minimum Gasteiger partial charge on any atom is -0.490 e. The van der Waals surface area contributed by atoms with E-state index in [1.165, 1.54) is 0 Å². The van der Waals surface area contributed by atoms with Crippen LogP contribution in [0.3, 0.4) is 0 Å². The fourth-order valence-corrected chi connectivity index (χ4v) is 3.44. The molecule has 0 unspecified atom stereocenters. The Balaban J connectivity index is 1.59. The van der Waals surface area contributed by atoms with Crippen LogP contribution in [0.4, 0.5) is 5.69 Å². The minimum atomic E-state index is -0.255. The number of Topliss-reactive ketones (excluding diaryl/α,β-unsaturated/α-hetero) is 1. The minimum absolute atomic E-state index is 0.115. The van der Waals surface area contributed by atoms with E-state index < -0.39 is 0 Å². The number of carbonyl (C=O) groups excluding carboxylic acids is 2. The van der Waals surface area contributed by atoms with Crippen LogP contribution in [0.1, 0.15) is 51.4 Å². The van der Waals surface area contributed by atoms with Crippen LogP contribution in [0.25, 0.3) is 0 Å². The highest BCUT2D eigenvalue weighted by atomic mass is 16.5. The molecule has 4 rings (SSSR count). The summed E-state index contributed by atoms with van der Waals surface area (Å²) in [5, 5.41) is 2.88. The molecular formula is C19H20N2O4. The number of ether oxygens (including phenoxy) is 2. The lowest BCUT2D eigenvalue weighted by molar-refractivity contribution is 0.0971. The van der Waals surface area contributed by atoms with Crippen molar-refractivity contribution in [1.29, 1.82) is 0 Å². The van der Waals surface area contributed by atoms with Gasteiger partial charge in [0.1, 0.15) is 5.69 Å². The highest BCUT2D eigenvalue weighted by Gasteiger charge is 2.26. The van der Waals surface area contributed by atoms with Crippen LogP contribution in [-0.2, 0) is 6.42 Å². The number of aromatic nitrogens is 1. The van der Waals surface area contributed by atoms with E-state index in [9.17, 15) is 9.59 Å². The quantitative estimate of drug-likeness (QED) is 0.879. The van der Waals surface area contributed by atoms with E-state index in [1.807, 2.05) is 6.92 Å².